The average Bonchev–Trinajstić information content (AvgIpc) is 3.28. The van der Waals surface area contributed by atoms with Crippen molar-refractivity contribution in [1.82, 2.24) is 4.98 Å². The maximum absolute atomic E-state index is 4.68. The van der Waals surface area contributed by atoms with Gasteiger partial charge in [0.15, 0.2) is 0 Å². The summed E-state index contributed by atoms with van der Waals surface area (Å²) in [4.78, 5) is 4.68. The summed E-state index contributed by atoms with van der Waals surface area (Å²) in [6.07, 6.45) is 1.89. The number of aromatic nitrogens is 1. The number of nitrogens with zero attached hydrogens (tertiary/aromatic N) is 1. The van der Waals surface area contributed by atoms with Crippen LogP contribution in [0.25, 0.3) is 64.1 Å². The van der Waals surface area contributed by atoms with E-state index in [0.29, 0.717) is 0 Å². The van der Waals surface area contributed by atoms with Crippen molar-refractivity contribution < 1.29 is 0 Å². The Hall–Kier alpha value is -3.23. The second-order valence-corrected chi connectivity index (χ2v) is 9.10. The van der Waals surface area contributed by atoms with Crippen LogP contribution in [0.4, 0.5) is 0 Å². The monoisotopic (exact) mass is 387 g/mol. The van der Waals surface area contributed by atoms with Crippen molar-refractivity contribution in [2.45, 2.75) is 13.8 Å². The van der Waals surface area contributed by atoms with Gasteiger partial charge >= 0.3 is 0 Å². The van der Waals surface area contributed by atoms with Crippen LogP contribution >= 0.6 is 11.3 Å². The molecule has 2 aromatic heterocycles. The molecule has 0 aliphatic heterocycles. The third-order valence-electron chi connectivity index (χ3n) is 6.53. The van der Waals surface area contributed by atoms with Crippen molar-refractivity contribution in [2.75, 3.05) is 0 Å². The van der Waals surface area contributed by atoms with Gasteiger partial charge < -0.3 is 0 Å². The van der Waals surface area contributed by atoms with Gasteiger partial charge in [-0.3, -0.25) is 4.98 Å². The van der Waals surface area contributed by atoms with Gasteiger partial charge in [0.25, 0.3) is 0 Å². The van der Waals surface area contributed by atoms with Crippen molar-refractivity contribution in [1.29, 1.82) is 0 Å². The topological polar surface area (TPSA) is 12.9 Å². The largest absolute Gasteiger partial charge is 0.256 e. The molecule has 1 aliphatic rings. The molecule has 0 N–H and O–H groups in total. The highest BCUT2D eigenvalue weighted by Crippen LogP contribution is 2.53. The van der Waals surface area contributed by atoms with Gasteiger partial charge in [0, 0.05) is 31.8 Å². The second kappa shape index (κ2) is 5.22. The minimum atomic E-state index is 1.08. The first-order valence-corrected chi connectivity index (χ1v) is 10.8. The zero-order valence-electron chi connectivity index (χ0n) is 16.2. The van der Waals surface area contributed by atoms with Crippen molar-refractivity contribution in [3.05, 3.63) is 78.0 Å². The van der Waals surface area contributed by atoms with Gasteiger partial charge in [0.05, 0.1) is 5.52 Å². The molecule has 2 heterocycles. The lowest BCUT2D eigenvalue weighted by molar-refractivity contribution is 1.42. The first-order valence-electron chi connectivity index (χ1n) is 9.99. The van der Waals surface area contributed by atoms with Gasteiger partial charge in [0.1, 0.15) is 0 Å². The molecule has 6 aromatic rings. The Morgan fingerprint density at radius 3 is 2.45 bits per heavy atom. The van der Waals surface area contributed by atoms with Crippen LogP contribution in [-0.2, 0) is 0 Å². The first kappa shape index (κ1) is 15.7. The fourth-order valence-electron chi connectivity index (χ4n) is 5.25. The van der Waals surface area contributed by atoms with Gasteiger partial charge in [-0.25, -0.2) is 0 Å². The lowest BCUT2D eigenvalue weighted by atomic mass is 9.95. The van der Waals surface area contributed by atoms with Crippen molar-refractivity contribution in [3.8, 4) is 22.3 Å². The summed E-state index contributed by atoms with van der Waals surface area (Å²) in [5.74, 6) is 0. The molecule has 0 spiro atoms. The zero-order chi connectivity index (χ0) is 19.3. The molecule has 0 atom stereocenters. The smallest absolute Gasteiger partial charge is 0.0714 e. The molecular weight excluding hydrogens is 370 g/mol. The molecule has 1 aliphatic carbocycles. The van der Waals surface area contributed by atoms with Crippen LogP contribution < -0.4 is 0 Å². The number of benzene rings is 4. The molecule has 1 nitrogen and oxygen atoms in total. The standard InChI is InChI=1S/C27H17NS/c1-14-6-3-9-19-21-12-20-18-8-4-7-17-16-10-5-11-28-23(16)13-22(25(17)18)24(20)15(2)27(21)29-26(14)19/h3-13H,1-2H3. The Kier molecular flexibility index (Phi) is 2.82. The van der Waals surface area contributed by atoms with Crippen molar-refractivity contribution in [3.63, 3.8) is 0 Å². The third kappa shape index (κ3) is 1.83. The number of thiophene rings is 1. The summed E-state index contributed by atoms with van der Waals surface area (Å²) < 4.78 is 2.82. The maximum Gasteiger partial charge on any atom is 0.0714 e. The molecule has 136 valence electrons. The number of hydrogen-bond acceptors (Lipinski definition) is 2. The van der Waals surface area contributed by atoms with E-state index in [1.165, 1.54) is 69.7 Å². The van der Waals surface area contributed by atoms with Crippen molar-refractivity contribution in [2.24, 2.45) is 0 Å². The Balaban J connectivity index is 1.72. The number of pyridine rings is 1. The van der Waals surface area contributed by atoms with E-state index >= 15 is 0 Å². The third-order valence-corrected chi connectivity index (χ3v) is 8.00. The molecule has 0 saturated heterocycles. The minimum absolute atomic E-state index is 1.08. The van der Waals surface area contributed by atoms with Gasteiger partial charge in [-0.15, -0.1) is 11.3 Å². The summed E-state index contributed by atoms with van der Waals surface area (Å²) in [6.45, 7) is 4.51. The summed E-state index contributed by atoms with van der Waals surface area (Å²) in [7, 11) is 0. The number of rotatable bonds is 0. The quantitative estimate of drug-likeness (QED) is 0.240. The summed E-state index contributed by atoms with van der Waals surface area (Å²) in [5.41, 5.74) is 9.28. The molecule has 0 unspecified atom stereocenters. The Labute approximate surface area is 172 Å². The van der Waals surface area contributed by atoms with Crippen molar-refractivity contribution >= 4 is 53.2 Å². The molecule has 0 bridgehead atoms. The van der Waals surface area contributed by atoms with Crippen LogP contribution in [-0.4, -0.2) is 4.98 Å². The molecule has 0 amide bonds. The molecule has 4 aromatic carbocycles. The molecule has 0 fully saturated rings. The van der Waals surface area contributed by atoms with E-state index in [2.05, 4.69) is 73.4 Å². The van der Waals surface area contributed by atoms with Crippen LogP contribution in [0, 0.1) is 13.8 Å². The fraction of sp³-hybridized carbons (Fsp3) is 0.0741. The SMILES string of the molecule is Cc1cccc2c1sc1c(C)c3c(cc12)-c1cccc2c1c-3cc1ncccc12. The highest BCUT2D eigenvalue weighted by atomic mass is 32.1. The molecule has 7 rings (SSSR count). The van der Waals surface area contributed by atoms with E-state index in [-0.39, 0.29) is 0 Å². The van der Waals surface area contributed by atoms with Crippen LogP contribution in [0.2, 0.25) is 0 Å². The van der Waals surface area contributed by atoms with E-state index in [4.69, 9.17) is 0 Å². The van der Waals surface area contributed by atoms with E-state index in [0.717, 1.165) is 5.52 Å². The van der Waals surface area contributed by atoms with Gasteiger partial charge in [0.2, 0.25) is 0 Å². The summed E-state index contributed by atoms with van der Waals surface area (Å²) in [5, 5.41) is 6.69. The Morgan fingerprint density at radius 1 is 0.690 bits per heavy atom. The predicted molar refractivity (Wildman–Crippen MR) is 126 cm³/mol. The average molecular weight is 388 g/mol. The van der Waals surface area contributed by atoms with E-state index in [9.17, 15) is 0 Å². The number of hydrogen-bond donors (Lipinski definition) is 0. The first-order chi connectivity index (χ1) is 14.2. The van der Waals surface area contributed by atoms with Gasteiger partial charge in [-0.1, -0.05) is 42.5 Å². The zero-order valence-corrected chi connectivity index (χ0v) is 17.0. The second-order valence-electron chi connectivity index (χ2n) is 8.08. The summed E-state index contributed by atoms with van der Waals surface area (Å²) >= 11 is 1.94. The lowest BCUT2D eigenvalue weighted by Crippen LogP contribution is -1.85. The Bertz CT molecular complexity index is 1670. The summed E-state index contributed by atoms with van der Waals surface area (Å²) in [6, 6.07) is 22.3. The number of aryl methyl sites for hydroxylation is 2. The normalized spacial score (nSPS) is 12.5. The molecule has 29 heavy (non-hydrogen) atoms. The van der Waals surface area contributed by atoms with Crippen LogP contribution in [0.5, 0.6) is 0 Å². The molecular formula is C27H17NS. The predicted octanol–water partition coefficient (Wildman–Crippen LogP) is 8.02. The van der Waals surface area contributed by atoms with Crippen LogP contribution in [0.1, 0.15) is 11.1 Å². The van der Waals surface area contributed by atoms with Crippen LogP contribution in [0.15, 0.2) is 66.9 Å². The lowest BCUT2D eigenvalue weighted by Gasteiger charge is -2.09. The Morgan fingerprint density at radius 2 is 1.52 bits per heavy atom. The van der Waals surface area contributed by atoms with Gasteiger partial charge in [-0.2, -0.15) is 0 Å². The van der Waals surface area contributed by atoms with Crippen LogP contribution in [0.3, 0.4) is 0 Å². The maximum atomic E-state index is 4.68. The van der Waals surface area contributed by atoms with E-state index < -0.39 is 0 Å². The minimum Gasteiger partial charge on any atom is -0.256 e. The van der Waals surface area contributed by atoms with Gasteiger partial charge in [-0.05, 0) is 76.2 Å². The highest BCUT2D eigenvalue weighted by molar-refractivity contribution is 7.26. The number of fused-ring (bicyclic) bond motifs is 8. The fourth-order valence-corrected chi connectivity index (χ4v) is 6.51. The molecule has 2 heteroatoms. The highest BCUT2D eigenvalue weighted by Gasteiger charge is 2.26. The van der Waals surface area contributed by atoms with E-state index in [1.54, 1.807) is 0 Å². The van der Waals surface area contributed by atoms with E-state index in [1.807, 2.05) is 23.6 Å². The molecule has 0 radical (unpaired) electrons. The molecule has 0 saturated carbocycles.